The van der Waals surface area contributed by atoms with Crippen LogP contribution in [0.15, 0.2) is 99.8 Å². The van der Waals surface area contributed by atoms with Gasteiger partial charge in [-0.15, -0.1) is 0 Å². The van der Waals surface area contributed by atoms with Crippen molar-refractivity contribution >= 4 is 32.2 Å². The lowest BCUT2D eigenvalue weighted by Gasteiger charge is -2.38. The minimum Gasteiger partial charge on any atom is -0.317 e. The molecule has 3 aromatic carbocycles. The number of carbonyl (C=O) groups is 1. The van der Waals surface area contributed by atoms with E-state index in [4.69, 9.17) is 0 Å². The normalized spacial score (nSPS) is 16.8. The SMILES string of the molecule is Cc1cccc(C)c1-n1c(C)cc(/C=N\NC(=O)[C@H]2CN(S(=O)(=O)c3ccccc3)CCN2S(=O)(=O)c2ccccc2)c1C. The molecule has 0 spiro atoms. The standard InChI is InChI=1S/C32H35N5O5S2/c1-23-12-11-13-24(2)31(23)37-25(3)20-27(26(37)4)21-33-34-32(38)30-22-35(43(39,40)28-14-7-5-8-15-28)18-19-36(30)44(41,42)29-16-9-6-10-17-29/h5-17,20-21,30H,18-19,22H2,1-4H3,(H,34,38)/b33-21-/t30-/m1/s1. The van der Waals surface area contributed by atoms with Gasteiger partial charge in [0.25, 0.3) is 5.91 Å². The maximum atomic E-state index is 13.6. The zero-order chi connectivity index (χ0) is 31.6. The number of benzene rings is 3. The van der Waals surface area contributed by atoms with Crippen molar-refractivity contribution in [1.29, 1.82) is 0 Å². The highest BCUT2D eigenvalue weighted by Crippen LogP contribution is 2.27. The van der Waals surface area contributed by atoms with Gasteiger partial charge in [-0.05, 0) is 69.2 Å². The lowest BCUT2D eigenvalue weighted by molar-refractivity contribution is -0.125. The molecule has 2 heterocycles. The number of hydrogen-bond acceptors (Lipinski definition) is 6. The van der Waals surface area contributed by atoms with E-state index in [1.54, 1.807) is 36.4 Å². The molecule has 1 aromatic heterocycles. The van der Waals surface area contributed by atoms with Crippen molar-refractivity contribution in [2.75, 3.05) is 19.6 Å². The van der Waals surface area contributed by atoms with Gasteiger partial charge in [-0.25, -0.2) is 22.3 Å². The van der Waals surface area contributed by atoms with Crippen molar-refractivity contribution < 1.29 is 21.6 Å². The molecular weight excluding hydrogens is 599 g/mol. The van der Waals surface area contributed by atoms with E-state index in [1.165, 1.54) is 30.5 Å². The number of carbonyl (C=O) groups excluding carboxylic acids is 1. The number of nitrogens with zero attached hydrogens (tertiary/aromatic N) is 4. The Morgan fingerprint density at radius 2 is 1.36 bits per heavy atom. The zero-order valence-corrected chi connectivity index (χ0v) is 26.6. The second kappa shape index (κ2) is 12.5. The molecule has 1 fully saturated rings. The van der Waals surface area contributed by atoms with Crippen molar-refractivity contribution in [1.82, 2.24) is 18.6 Å². The number of amides is 1. The molecule has 0 saturated carbocycles. The molecule has 1 amide bonds. The Hall–Kier alpha value is -4.10. The molecule has 1 aliphatic heterocycles. The molecule has 5 rings (SSSR count). The van der Waals surface area contributed by atoms with Gasteiger partial charge in [0, 0.05) is 36.6 Å². The lowest BCUT2D eigenvalue weighted by atomic mass is 10.1. The van der Waals surface area contributed by atoms with E-state index >= 15 is 0 Å². The van der Waals surface area contributed by atoms with E-state index in [9.17, 15) is 21.6 Å². The fourth-order valence-corrected chi connectivity index (χ4v) is 8.64. The van der Waals surface area contributed by atoms with Crippen LogP contribution in [0, 0.1) is 27.7 Å². The summed E-state index contributed by atoms with van der Waals surface area (Å²) in [5.74, 6) is -0.739. The molecule has 0 unspecified atom stereocenters. The Bertz CT molecular complexity index is 1900. The molecule has 1 aliphatic rings. The molecule has 10 nitrogen and oxygen atoms in total. The highest BCUT2D eigenvalue weighted by molar-refractivity contribution is 7.89. The zero-order valence-electron chi connectivity index (χ0n) is 25.0. The summed E-state index contributed by atoms with van der Waals surface area (Å²) in [5.41, 5.74) is 8.48. The largest absolute Gasteiger partial charge is 0.317 e. The smallest absolute Gasteiger partial charge is 0.259 e. The second-order valence-electron chi connectivity index (χ2n) is 10.8. The summed E-state index contributed by atoms with van der Waals surface area (Å²) < 4.78 is 58.4. The summed E-state index contributed by atoms with van der Waals surface area (Å²) in [6.07, 6.45) is 1.52. The van der Waals surface area contributed by atoms with E-state index in [0.717, 1.165) is 42.4 Å². The summed E-state index contributed by atoms with van der Waals surface area (Å²) >= 11 is 0. The Kier molecular flexibility index (Phi) is 8.89. The van der Waals surface area contributed by atoms with Crippen molar-refractivity contribution in [2.24, 2.45) is 5.10 Å². The van der Waals surface area contributed by atoms with Crippen LogP contribution < -0.4 is 5.43 Å². The van der Waals surface area contributed by atoms with Gasteiger partial charge in [-0.3, -0.25) is 4.79 Å². The molecule has 1 atom stereocenters. The monoisotopic (exact) mass is 633 g/mol. The molecule has 230 valence electrons. The molecule has 12 heteroatoms. The first-order valence-corrected chi connectivity index (χ1v) is 17.0. The van der Waals surface area contributed by atoms with Crippen LogP contribution in [0.4, 0.5) is 0 Å². The number of piperazine rings is 1. The predicted molar refractivity (Wildman–Crippen MR) is 170 cm³/mol. The Morgan fingerprint density at radius 1 is 0.795 bits per heavy atom. The summed E-state index contributed by atoms with van der Waals surface area (Å²) in [7, 11) is -8.09. The quantitative estimate of drug-likeness (QED) is 0.233. The van der Waals surface area contributed by atoms with Crippen molar-refractivity contribution in [3.8, 4) is 5.69 Å². The van der Waals surface area contributed by atoms with Crippen LogP contribution in [0.25, 0.3) is 5.69 Å². The van der Waals surface area contributed by atoms with Crippen LogP contribution in [-0.2, 0) is 24.8 Å². The first-order valence-electron chi connectivity index (χ1n) is 14.1. The molecule has 44 heavy (non-hydrogen) atoms. The first-order chi connectivity index (χ1) is 20.9. The number of aromatic nitrogens is 1. The Labute approximate surface area is 258 Å². The summed E-state index contributed by atoms with van der Waals surface area (Å²) in [5, 5.41) is 4.18. The summed E-state index contributed by atoms with van der Waals surface area (Å²) in [4.78, 5) is 13.7. The van der Waals surface area contributed by atoms with Crippen LogP contribution >= 0.6 is 0 Å². The maximum Gasteiger partial charge on any atom is 0.259 e. The lowest BCUT2D eigenvalue weighted by Crippen LogP contribution is -2.60. The van der Waals surface area contributed by atoms with E-state index in [2.05, 4.69) is 41.1 Å². The van der Waals surface area contributed by atoms with Gasteiger partial charge < -0.3 is 4.57 Å². The van der Waals surface area contributed by atoms with Gasteiger partial charge in [0.15, 0.2) is 0 Å². The van der Waals surface area contributed by atoms with Crippen LogP contribution in [0.2, 0.25) is 0 Å². The van der Waals surface area contributed by atoms with Gasteiger partial charge in [0.2, 0.25) is 20.0 Å². The number of hydrazone groups is 1. The minimum atomic E-state index is -4.12. The molecule has 1 saturated heterocycles. The van der Waals surface area contributed by atoms with Crippen molar-refractivity contribution in [3.63, 3.8) is 0 Å². The third-order valence-corrected chi connectivity index (χ3v) is 11.6. The highest BCUT2D eigenvalue weighted by Gasteiger charge is 2.43. The number of para-hydroxylation sites is 1. The molecular formula is C32H35N5O5S2. The fourth-order valence-electron chi connectivity index (χ4n) is 5.59. The number of rotatable bonds is 8. The predicted octanol–water partition coefficient (Wildman–Crippen LogP) is 3.93. The fraction of sp³-hybridized carbons (Fsp3) is 0.250. The van der Waals surface area contributed by atoms with Crippen LogP contribution in [0.5, 0.6) is 0 Å². The van der Waals surface area contributed by atoms with E-state index < -0.39 is 32.0 Å². The highest BCUT2D eigenvalue weighted by atomic mass is 32.2. The molecule has 1 N–H and O–H groups in total. The van der Waals surface area contributed by atoms with E-state index in [-0.39, 0.29) is 29.4 Å². The van der Waals surface area contributed by atoms with Crippen molar-refractivity contribution in [3.05, 3.63) is 113 Å². The van der Waals surface area contributed by atoms with Gasteiger partial charge in [-0.1, -0.05) is 54.6 Å². The van der Waals surface area contributed by atoms with Gasteiger partial charge in [0.05, 0.1) is 21.7 Å². The summed E-state index contributed by atoms with van der Waals surface area (Å²) in [6.45, 7) is 7.37. The van der Waals surface area contributed by atoms with Crippen LogP contribution in [0.3, 0.4) is 0 Å². The molecule has 4 aromatic rings. The Morgan fingerprint density at radius 3 is 1.95 bits per heavy atom. The van der Waals surface area contributed by atoms with E-state index in [1.807, 2.05) is 26.0 Å². The molecule has 0 bridgehead atoms. The molecule has 0 radical (unpaired) electrons. The first kappa shape index (κ1) is 31.3. The van der Waals surface area contributed by atoms with Gasteiger partial charge in [0.1, 0.15) is 6.04 Å². The third-order valence-electron chi connectivity index (χ3n) is 7.84. The second-order valence-corrected chi connectivity index (χ2v) is 14.6. The number of aryl methyl sites for hydroxylation is 3. The number of sulfonamides is 2. The number of nitrogens with one attached hydrogen (secondary N) is 1. The number of hydrogen-bond donors (Lipinski definition) is 1. The van der Waals surface area contributed by atoms with Crippen LogP contribution in [0.1, 0.15) is 28.1 Å². The average Bonchev–Trinajstić information content (AvgIpc) is 3.29. The van der Waals surface area contributed by atoms with Crippen LogP contribution in [-0.4, -0.2) is 67.8 Å². The summed E-state index contributed by atoms with van der Waals surface area (Å²) in [6, 6.07) is 22.4. The van der Waals surface area contributed by atoms with Crippen molar-refractivity contribution in [2.45, 2.75) is 43.5 Å². The molecule has 0 aliphatic carbocycles. The Balaban J connectivity index is 1.43. The van der Waals surface area contributed by atoms with Gasteiger partial charge in [-0.2, -0.15) is 13.7 Å². The average molecular weight is 634 g/mol. The minimum absolute atomic E-state index is 0.0135. The maximum absolute atomic E-state index is 13.6. The van der Waals surface area contributed by atoms with E-state index in [0.29, 0.717) is 0 Å². The van der Waals surface area contributed by atoms with Gasteiger partial charge >= 0.3 is 0 Å². The third kappa shape index (κ3) is 5.98. The topological polar surface area (TPSA) is 121 Å².